The summed E-state index contributed by atoms with van der Waals surface area (Å²) in [5, 5.41) is 3.63. The van der Waals surface area contributed by atoms with E-state index in [0.29, 0.717) is 6.04 Å². The molecule has 0 aromatic heterocycles. The fraction of sp³-hybridized carbons (Fsp3) is 0.647. The molecule has 1 saturated heterocycles. The Balaban J connectivity index is 1.81. The highest BCUT2D eigenvalue weighted by atomic mass is 15.2. The molecule has 2 fully saturated rings. The second-order valence-electron chi connectivity index (χ2n) is 6.22. The van der Waals surface area contributed by atoms with E-state index < -0.39 is 0 Å². The summed E-state index contributed by atoms with van der Waals surface area (Å²) in [5.74, 6) is 0.956. The minimum atomic E-state index is 0.454. The molecule has 1 aromatic carbocycles. The van der Waals surface area contributed by atoms with Crippen LogP contribution in [0.5, 0.6) is 0 Å². The predicted octanol–water partition coefficient (Wildman–Crippen LogP) is 3.74. The van der Waals surface area contributed by atoms with Gasteiger partial charge in [-0.25, -0.2) is 0 Å². The Morgan fingerprint density at radius 3 is 2.84 bits per heavy atom. The highest BCUT2D eigenvalue weighted by Crippen LogP contribution is 2.42. The number of para-hydroxylation sites is 1. The van der Waals surface area contributed by atoms with Gasteiger partial charge in [0, 0.05) is 24.3 Å². The molecular weight excluding hydrogens is 232 g/mol. The van der Waals surface area contributed by atoms with Crippen LogP contribution in [0.4, 0.5) is 5.69 Å². The SMILES string of the molecule is CCCNC(C)c1ccccc1N1CC2CCC1C2. The van der Waals surface area contributed by atoms with E-state index in [4.69, 9.17) is 0 Å². The monoisotopic (exact) mass is 258 g/mol. The summed E-state index contributed by atoms with van der Waals surface area (Å²) in [7, 11) is 0. The smallest absolute Gasteiger partial charge is 0.0417 e. The lowest BCUT2D eigenvalue weighted by molar-refractivity contribution is 0.542. The molecule has 0 amide bonds. The van der Waals surface area contributed by atoms with E-state index in [2.05, 4.69) is 48.3 Å². The van der Waals surface area contributed by atoms with E-state index in [1.165, 1.54) is 43.5 Å². The van der Waals surface area contributed by atoms with Gasteiger partial charge in [-0.2, -0.15) is 0 Å². The van der Waals surface area contributed by atoms with Crippen molar-refractivity contribution in [2.45, 2.75) is 51.6 Å². The number of benzene rings is 1. The Kier molecular flexibility index (Phi) is 3.79. The van der Waals surface area contributed by atoms with Crippen LogP contribution in [0.15, 0.2) is 24.3 Å². The number of piperidine rings is 1. The van der Waals surface area contributed by atoms with Crippen molar-refractivity contribution >= 4 is 5.69 Å². The average Bonchev–Trinajstić information content (AvgIpc) is 3.07. The first-order valence-electron chi connectivity index (χ1n) is 7.88. The van der Waals surface area contributed by atoms with Gasteiger partial charge in [0.1, 0.15) is 0 Å². The van der Waals surface area contributed by atoms with E-state index in [1.807, 2.05) is 0 Å². The number of fused-ring (bicyclic) bond motifs is 2. The predicted molar refractivity (Wildman–Crippen MR) is 81.6 cm³/mol. The molecule has 2 bridgehead atoms. The second kappa shape index (κ2) is 5.54. The normalized spacial score (nSPS) is 26.9. The van der Waals surface area contributed by atoms with Crippen molar-refractivity contribution in [2.24, 2.45) is 5.92 Å². The summed E-state index contributed by atoms with van der Waals surface area (Å²) < 4.78 is 0. The van der Waals surface area contributed by atoms with Crippen molar-refractivity contribution < 1.29 is 0 Å². The van der Waals surface area contributed by atoms with Gasteiger partial charge >= 0.3 is 0 Å². The number of nitrogens with one attached hydrogen (secondary N) is 1. The molecule has 2 heteroatoms. The molecule has 104 valence electrons. The Bertz CT molecular complexity index is 429. The van der Waals surface area contributed by atoms with Crippen molar-refractivity contribution in [3.63, 3.8) is 0 Å². The third-order valence-electron chi connectivity index (χ3n) is 4.82. The van der Waals surface area contributed by atoms with Gasteiger partial charge in [0.25, 0.3) is 0 Å². The van der Waals surface area contributed by atoms with Crippen LogP contribution in [-0.4, -0.2) is 19.1 Å². The summed E-state index contributed by atoms with van der Waals surface area (Å²) in [6.07, 6.45) is 5.47. The highest BCUT2D eigenvalue weighted by molar-refractivity contribution is 5.57. The van der Waals surface area contributed by atoms with E-state index in [-0.39, 0.29) is 0 Å². The zero-order valence-corrected chi connectivity index (χ0v) is 12.2. The topological polar surface area (TPSA) is 15.3 Å². The molecule has 0 radical (unpaired) electrons. The van der Waals surface area contributed by atoms with Crippen LogP contribution in [0.3, 0.4) is 0 Å². The lowest BCUT2D eigenvalue weighted by atomic mass is 10.0. The highest BCUT2D eigenvalue weighted by Gasteiger charge is 2.38. The largest absolute Gasteiger partial charge is 0.368 e. The van der Waals surface area contributed by atoms with Gasteiger partial charge in [-0.05, 0) is 56.7 Å². The molecule has 1 aliphatic heterocycles. The fourth-order valence-corrected chi connectivity index (χ4v) is 3.81. The van der Waals surface area contributed by atoms with Crippen LogP contribution >= 0.6 is 0 Å². The number of hydrogen-bond acceptors (Lipinski definition) is 2. The number of rotatable bonds is 5. The summed E-state index contributed by atoms with van der Waals surface area (Å²) in [4.78, 5) is 2.67. The first kappa shape index (κ1) is 13.0. The van der Waals surface area contributed by atoms with E-state index in [9.17, 15) is 0 Å². The van der Waals surface area contributed by atoms with Crippen LogP contribution < -0.4 is 10.2 Å². The zero-order chi connectivity index (χ0) is 13.2. The molecule has 2 aliphatic rings. The molecule has 1 heterocycles. The fourth-order valence-electron chi connectivity index (χ4n) is 3.81. The Labute approximate surface area is 117 Å². The molecule has 1 aliphatic carbocycles. The van der Waals surface area contributed by atoms with Crippen molar-refractivity contribution in [1.82, 2.24) is 5.32 Å². The summed E-state index contributed by atoms with van der Waals surface area (Å²) in [6.45, 7) is 6.90. The van der Waals surface area contributed by atoms with Gasteiger partial charge in [-0.1, -0.05) is 25.1 Å². The van der Waals surface area contributed by atoms with Crippen molar-refractivity contribution in [3.8, 4) is 0 Å². The third kappa shape index (κ3) is 2.51. The van der Waals surface area contributed by atoms with Gasteiger partial charge in [0.15, 0.2) is 0 Å². The van der Waals surface area contributed by atoms with Crippen LogP contribution in [0.2, 0.25) is 0 Å². The maximum Gasteiger partial charge on any atom is 0.0417 e. The average molecular weight is 258 g/mol. The maximum absolute atomic E-state index is 3.63. The van der Waals surface area contributed by atoms with Crippen LogP contribution in [0.25, 0.3) is 0 Å². The molecule has 0 spiro atoms. The molecule has 1 aromatic rings. The van der Waals surface area contributed by atoms with Gasteiger partial charge in [0.05, 0.1) is 0 Å². The zero-order valence-electron chi connectivity index (χ0n) is 12.2. The van der Waals surface area contributed by atoms with Crippen LogP contribution in [0.1, 0.15) is 51.1 Å². The lowest BCUT2D eigenvalue weighted by Gasteiger charge is -2.32. The van der Waals surface area contributed by atoms with Crippen molar-refractivity contribution in [2.75, 3.05) is 18.0 Å². The van der Waals surface area contributed by atoms with E-state index in [0.717, 1.165) is 18.5 Å². The molecular formula is C17H26N2. The lowest BCUT2D eigenvalue weighted by Crippen LogP contribution is -2.33. The van der Waals surface area contributed by atoms with E-state index in [1.54, 1.807) is 0 Å². The van der Waals surface area contributed by atoms with E-state index >= 15 is 0 Å². The Morgan fingerprint density at radius 2 is 2.16 bits per heavy atom. The standard InChI is InChI=1S/C17H26N2/c1-3-10-18-13(2)16-6-4-5-7-17(16)19-12-14-8-9-15(19)11-14/h4-7,13-15,18H,3,8-12H2,1-2H3. The third-order valence-corrected chi connectivity index (χ3v) is 4.82. The Morgan fingerprint density at radius 1 is 1.32 bits per heavy atom. The van der Waals surface area contributed by atoms with Crippen LogP contribution in [0, 0.1) is 5.92 Å². The van der Waals surface area contributed by atoms with Gasteiger partial charge in [-0.3, -0.25) is 0 Å². The molecule has 19 heavy (non-hydrogen) atoms. The molecule has 1 saturated carbocycles. The second-order valence-corrected chi connectivity index (χ2v) is 6.22. The molecule has 3 atom stereocenters. The van der Waals surface area contributed by atoms with Crippen LogP contribution in [-0.2, 0) is 0 Å². The van der Waals surface area contributed by atoms with Gasteiger partial charge in [0.2, 0.25) is 0 Å². The maximum atomic E-state index is 3.63. The first-order valence-corrected chi connectivity index (χ1v) is 7.88. The summed E-state index contributed by atoms with van der Waals surface area (Å²) in [6, 6.07) is 10.3. The number of anilines is 1. The van der Waals surface area contributed by atoms with Gasteiger partial charge in [-0.15, -0.1) is 0 Å². The molecule has 3 rings (SSSR count). The number of hydrogen-bond donors (Lipinski definition) is 1. The molecule has 3 unspecified atom stereocenters. The summed E-state index contributed by atoms with van der Waals surface area (Å²) in [5.41, 5.74) is 2.95. The quantitative estimate of drug-likeness (QED) is 0.865. The van der Waals surface area contributed by atoms with Crippen molar-refractivity contribution in [1.29, 1.82) is 0 Å². The minimum absolute atomic E-state index is 0.454. The van der Waals surface area contributed by atoms with Crippen molar-refractivity contribution in [3.05, 3.63) is 29.8 Å². The molecule has 2 nitrogen and oxygen atoms in total. The first-order chi connectivity index (χ1) is 9.29. The van der Waals surface area contributed by atoms with Gasteiger partial charge < -0.3 is 10.2 Å². The molecule has 1 N–H and O–H groups in total. The minimum Gasteiger partial charge on any atom is -0.368 e. The Hall–Kier alpha value is -1.02. The summed E-state index contributed by atoms with van der Waals surface area (Å²) >= 11 is 0. The number of nitrogens with zero attached hydrogens (tertiary/aromatic N) is 1.